The van der Waals surface area contributed by atoms with Crippen molar-refractivity contribution in [2.45, 2.75) is 33.4 Å². The summed E-state index contributed by atoms with van der Waals surface area (Å²) < 4.78 is 42.3. The van der Waals surface area contributed by atoms with E-state index in [2.05, 4.69) is 21.2 Å². The molecule has 0 heterocycles. The normalized spacial score (nSPS) is 12.5. The van der Waals surface area contributed by atoms with Gasteiger partial charge < -0.3 is 10.2 Å². The monoisotopic (exact) mass is 570 g/mol. The van der Waals surface area contributed by atoms with Gasteiger partial charge in [-0.1, -0.05) is 41.9 Å². The Labute approximate surface area is 215 Å². The number of anilines is 1. The van der Waals surface area contributed by atoms with Crippen LogP contribution in [0.4, 0.5) is 10.1 Å². The van der Waals surface area contributed by atoms with Gasteiger partial charge in [-0.05, 0) is 54.8 Å². The molecule has 2 amide bonds. The van der Waals surface area contributed by atoms with Crippen LogP contribution in [0.5, 0.6) is 0 Å². The first kappa shape index (κ1) is 28.7. The summed E-state index contributed by atoms with van der Waals surface area (Å²) in [4.78, 5) is 27.8. The Morgan fingerprint density at radius 2 is 1.69 bits per heavy atom. The summed E-state index contributed by atoms with van der Waals surface area (Å²) in [5, 5.41) is 2.83. The van der Waals surface area contributed by atoms with Gasteiger partial charge in [0.2, 0.25) is 11.8 Å². The van der Waals surface area contributed by atoms with Gasteiger partial charge >= 0.3 is 10.2 Å². The second kappa shape index (κ2) is 12.5. The van der Waals surface area contributed by atoms with Crippen molar-refractivity contribution in [3.8, 4) is 0 Å². The molecule has 2 aromatic carbocycles. The number of hydrogen-bond donors (Lipinski definition) is 1. The highest BCUT2D eigenvalue weighted by molar-refractivity contribution is 9.10. The number of nitrogens with zero attached hydrogens (tertiary/aromatic N) is 3. The minimum atomic E-state index is -4.09. The molecule has 0 bridgehead atoms. The second-order valence-corrected chi connectivity index (χ2v) is 11.7. The average Bonchev–Trinajstić information content (AvgIpc) is 2.79. The van der Waals surface area contributed by atoms with Crippen LogP contribution in [0.3, 0.4) is 0 Å². The van der Waals surface area contributed by atoms with Crippen molar-refractivity contribution in [1.82, 2.24) is 14.5 Å². The summed E-state index contributed by atoms with van der Waals surface area (Å²) in [6.45, 7) is 5.49. The van der Waals surface area contributed by atoms with Gasteiger partial charge in [-0.3, -0.25) is 9.59 Å². The van der Waals surface area contributed by atoms with Crippen molar-refractivity contribution in [2.24, 2.45) is 5.92 Å². The molecule has 0 aliphatic carbocycles. The van der Waals surface area contributed by atoms with E-state index < -0.39 is 34.5 Å². The second-order valence-electron chi connectivity index (χ2n) is 8.74. The molecule has 1 atom stereocenters. The molecular weight excluding hydrogens is 539 g/mol. The highest BCUT2D eigenvalue weighted by Gasteiger charge is 2.32. The van der Waals surface area contributed by atoms with Crippen LogP contribution in [0.25, 0.3) is 0 Å². The zero-order chi connectivity index (χ0) is 26.3. The van der Waals surface area contributed by atoms with E-state index in [4.69, 9.17) is 0 Å². The molecule has 1 unspecified atom stereocenters. The summed E-state index contributed by atoms with van der Waals surface area (Å²) in [6.07, 6.45) is 0. The van der Waals surface area contributed by atoms with E-state index in [-0.39, 0.29) is 24.1 Å². The molecule has 8 nitrogen and oxygen atoms in total. The topological polar surface area (TPSA) is 90.0 Å². The molecule has 1 N–H and O–H groups in total. The summed E-state index contributed by atoms with van der Waals surface area (Å²) in [5.41, 5.74) is 0.896. The molecule has 0 aliphatic heterocycles. The van der Waals surface area contributed by atoms with Gasteiger partial charge in [0, 0.05) is 31.7 Å². The van der Waals surface area contributed by atoms with Crippen LogP contribution in [0.1, 0.15) is 26.3 Å². The largest absolute Gasteiger partial charge is 0.354 e. The summed E-state index contributed by atoms with van der Waals surface area (Å²) in [7, 11) is -1.40. The Hall–Kier alpha value is -2.50. The number of carbonyl (C=O) groups excluding carboxylic acids is 2. The molecule has 0 spiro atoms. The quantitative estimate of drug-likeness (QED) is 0.448. The Balaban J connectivity index is 2.42. The van der Waals surface area contributed by atoms with Gasteiger partial charge in [0.25, 0.3) is 0 Å². The fraction of sp³-hybridized carbons (Fsp3) is 0.417. The van der Waals surface area contributed by atoms with Crippen molar-refractivity contribution < 1.29 is 22.4 Å². The van der Waals surface area contributed by atoms with Gasteiger partial charge in [0.05, 0.1) is 5.69 Å². The van der Waals surface area contributed by atoms with E-state index >= 15 is 0 Å². The minimum absolute atomic E-state index is 0.0911. The zero-order valence-corrected chi connectivity index (χ0v) is 22.9. The summed E-state index contributed by atoms with van der Waals surface area (Å²) in [6, 6.07) is 11.3. The Morgan fingerprint density at radius 1 is 1.06 bits per heavy atom. The van der Waals surface area contributed by atoms with Crippen LogP contribution in [0.15, 0.2) is 53.0 Å². The van der Waals surface area contributed by atoms with Gasteiger partial charge in [-0.15, -0.1) is 0 Å². The molecule has 0 radical (unpaired) electrons. The summed E-state index contributed by atoms with van der Waals surface area (Å²) in [5.74, 6) is -1.23. The molecule has 0 fully saturated rings. The van der Waals surface area contributed by atoms with Crippen molar-refractivity contribution in [2.75, 3.05) is 31.5 Å². The minimum Gasteiger partial charge on any atom is -0.354 e. The first-order chi connectivity index (χ1) is 16.3. The number of hydrogen-bond acceptors (Lipinski definition) is 4. The molecule has 11 heteroatoms. The third kappa shape index (κ3) is 8.01. The smallest absolute Gasteiger partial charge is 0.304 e. The Kier molecular flexibility index (Phi) is 10.2. The van der Waals surface area contributed by atoms with E-state index in [0.717, 1.165) is 30.8 Å². The zero-order valence-electron chi connectivity index (χ0n) is 20.5. The standard InChI is InChI=1S/C24H32BrFN4O4S/c1-17(2)14-27-24(32)18(3)29(15-19-7-6-8-20(25)13-19)23(31)16-30(35(33,34)28(4)5)22-11-9-21(26)10-12-22/h6-13,17-18H,14-16H2,1-5H3,(H,27,32). The predicted octanol–water partition coefficient (Wildman–Crippen LogP) is 3.39. The predicted molar refractivity (Wildman–Crippen MR) is 138 cm³/mol. The highest BCUT2D eigenvalue weighted by Crippen LogP contribution is 2.22. The Morgan fingerprint density at radius 3 is 2.23 bits per heavy atom. The van der Waals surface area contributed by atoms with Gasteiger partial charge in [-0.2, -0.15) is 12.7 Å². The van der Waals surface area contributed by atoms with Crippen LogP contribution in [-0.2, 0) is 26.3 Å². The molecule has 2 rings (SSSR count). The highest BCUT2D eigenvalue weighted by atomic mass is 79.9. The summed E-state index contributed by atoms with van der Waals surface area (Å²) >= 11 is 3.41. The van der Waals surface area contributed by atoms with Crippen LogP contribution in [-0.4, -0.2) is 62.7 Å². The van der Waals surface area contributed by atoms with Gasteiger partial charge in [0.15, 0.2) is 0 Å². The average molecular weight is 572 g/mol. The number of benzene rings is 2. The lowest BCUT2D eigenvalue weighted by atomic mass is 10.1. The first-order valence-corrected chi connectivity index (χ1v) is 13.3. The van der Waals surface area contributed by atoms with Gasteiger partial charge in [0.1, 0.15) is 18.4 Å². The lowest BCUT2D eigenvalue weighted by Gasteiger charge is -2.33. The van der Waals surface area contributed by atoms with E-state index in [9.17, 15) is 22.4 Å². The molecular formula is C24H32BrFN4O4S. The van der Waals surface area contributed by atoms with Crippen molar-refractivity contribution in [3.05, 3.63) is 64.4 Å². The van der Waals surface area contributed by atoms with E-state index in [1.807, 2.05) is 38.1 Å². The van der Waals surface area contributed by atoms with E-state index in [1.54, 1.807) is 6.92 Å². The lowest BCUT2D eigenvalue weighted by molar-refractivity contribution is -0.139. The fourth-order valence-corrected chi connectivity index (χ4v) is 4.69. The Bertz CT molecular complexity index is 1130. The van der Waals surface area contributed by atoms with E-state index in [1.165, 1.54) is 31.1 Å². The number of halogens is 2. The van der Waals surface area contributed by atoms with Crippen molar-refractivity contribution >= 4 is 43.6 Å². The number of rotatable bonds is 11. The molecule has 0 aromatic heterocycles. The maximum atomic E-state index is 13.6. The number of amides is 2. The molecule has 0 saturated heterocycles. The van der Waals surface area contributed by atoms with Crippen LogP contribution < -0.4 is 9.62 Å². The molecule has 2 aromatic rings. The fourth-order valence-electron chi connectivity index (χ4n) is 3.19. The van der Waals surface area contributed by atoms with Crippen LogP contribution >= 0.6 is 15.9 Å². The maximum Gasteiger partial charge on any atom is 0.304 e. The first-order valence-electron chi connectivity index (χ1n) is 11.1. The maximum absolute atomic E-state index is 13.6. The lowest BCUT2D eigenvalue weighted by Crippen LogP contribution is -2.52. The molecule has 35 heavy (non-hydrogen) atoms. The molecule has 192 valence electrons. The van der Waals surface area contributed by atoms with Crippen molar-refractivity contribution in [3.63, 3.8) is 0 Å². The third-order valence-corrected chi connectivity index (χ3v) is 7.54. The number of nitrogens with one attached hydrogen (secondary N) is 1. The SMILES string of the molecule is CC(C)CNC(=O)C(C)N(Cc1cccc(Br)c1)C(=O)CN(c1ccc(F)cc1)S(=O)(=O)N(C)C. The van der Waals surface area contributed by atoms with Crippen LogP contribution in [0.2, 0.25) is 0 Å². The number of carbonyl (C=O) groups is 2. The van der Waals surface area contributed by atoms with Crippen molar-refractivity contribution in [1.29, 1.82) is 0 Å². The third-order valence-electron chi connectivity index (χ3n) is 5.23. The van der Waals surface area contributed by atoms with E-state index in [0.29, 0.717) is 6.54 Å². The molecule has 0 aliphatic rings. The molecule has 0 saturated carbocycles. The van der Waals surface area contributed by atoms with Crippen LogP contribution in [0, 0.1) is 11.7 Å². The van der Waals surface area contributed by atoms with Gasteiger partial charge in [-0.25, -0.2) is 8.70 Å².